The summed E-state index contributed by atoms with van der Waals surface area (Å²) in [6.45, 7) is 0.646. The lowest BCUT2D eigenvalue weighted by Gasteiger charge is -1.98. The summed E-state index contributed by atoms with van der Waals surface area (Å²) in [5.74, 6) is -0.199. The van der Waals surface area contributed by atoms with Gasteiger partial charge in [0.15, 0.2) is 18.9 Å². The van der Waals surface area contributed by atoms with Gasteiger partial charge >= 0.3 is 0 Å². The lowest BCUT2D eigenvalue weighted by atomic mass is 10.2. The number of nitrogens with zero attached hydrogens (tertiary/aromatic N) is 1. The van der Waals surface area contributed by atoms with E-state index in [1.165, 1.54) is 16.8 Å². The average molecular weight is 356 g/mol. The molecule has 4 heteroatoms. The second-order valence-electron chi connectivity index (χ2n) is 5.39. The molecule has 4 aromatic rings. The Morgan fingerprint density at radius 1 is 1.00 bits per heavy atom. The van der Waals surface area contributed by atoms with Crippen molar-refractivity contribution in [1.29, 1.82) is 0 Å². The summed E-state index contributed by atoms with van der Waals surface area (Å²) in [6.07, 6.45) is 4.09. The number of nitrogens with one attached hydrogen (secondary N) is 1. The number of aromatic amines is 1. The summed E-state index contributed by atoms with van der Waals surface area (Å²) in [6, 6.07) is 15.0. The second-order valence-corrected chi connectivity index (χ2v) is 6.31. The first-order valence-corrected chi connectivity index (χ1v) is 7.83. The van der Waals surface area contributed by atoms with E-state index in [4.69, 9.17) is 0 Å². The van der Waals surface area contributed by atoms with Gasteiger partial charge in [0.25, 0.3) is 0 Å². The number of fused-ring (bicyclic) bond motifs is 3. The van der Waals surface area contributed by atoms with Crippen molar-refractivity contribution < 1.29 is 8.96 Å². The maximum absolute atomic E-state index is 13.3. The lowest BCUT2D eigenvalue weighted by molar-refractivity contribution is -0.687. The van der Waals surface area contributed by atoms with Crippen LogP contribution in [0, 0.1) is 5.82 Å². The summed E-state index contributed by atoms with van der Waals surface area (Å²) in [5, 5.41) is 2.38. The molecular formula is C18H13BrFN2+. The molecule has 2 aromatic carbocycles. The molecule has 0 unspecified atom stereocenters. The van der Waals surface area contributed by atoms with Gasteiger partial charge in [-0.3, -0.25) is 0 Å². The molecule has 0 radical (unpaired) electrons. The molecule has 0 aliphatic heterocycles. The normalized spacial score (nSPS) is 11.4. The predicted octanol–water partition coefficient (Wildman–Crippen LogP) is 4.56. The van der Waals surface area contributed by atoms with Crippen LogP contribution in [0.25, 0.3) is 21.8 Å². The molecule has 0 fully saturated rings. The smallest absolute Gasteiger partial charge is 0.193 e. The lowest BCUT2D eigenvalue weighted by Crippen LogP contribution is -2.33. The van der Waals surface area contributed by atoms with Gasteiger partial charge in [0.05, 0.1) is 0 Å². The van der Waals surface area contributed by atoms with Gasteiger partial charge in [0, 0.05) is 32.4 Å². The Morgan fingerprint density at radius 3 is 2.77 bits per heavy atom. The molecule has 2 heterocycles. The van der Waals surface area contributed by atoms with E-state index < -0.39 is 0 Å². The van der Waals surface area contributed by atoms with Gasteiger partial charge in [0.2, 0.25) is 0 Å². The topological polar surface area (TPSA) is 19.7 Å². The van der Waals surface area contributed by atoms with Crippen LogP contribution >= 0.6 is 15.9 Å². The van der Waals surface area contributed by atoms with E-state index in [0.717, 1.165) is 21.1 Å². The number of aromatic nitrogens is 2. The fourth-order valence-corrected chi connectivity index (χ4v) is 3.17. The first-order chi connectivity index (χ1) is 10.7. The molecule has 0 spiro atoms. The van der Waals surface area contributed by atoms with Gasteiger partial charge < -0.3 is 4.98 Å². The monoisotopic (exact) mass is 355 g/mol. The average Bonchev–Trinajstić information content (AvgIpc) is 2.84. The highest BCUT2D eigenvalue weighted by molar-refractivity contribution is 9.10. The van der Waals surface area contributed by atoms with E-state index in [1.807, 2.05) is 18.3 Å². The van der Waals surface area contributed by atoms with Crippen molar-refractivity contribution >= 4 is 37.7 Å². The molecule has 0 saturated carbocycles. The van der Waals surface area contributed by atoms with Crippen molar-refractivity contribution in [3.05, 3.63) is 76.8 Å². The van der Waals surface area contributed by atoms with E-state index >= 15 is 0 Å². The highest BCUT2D eigenvalue weighted by Gasteiger charge is 2.10. The minimum absolute atomic E-state index is 0.199. The Hall–Kier alpha value is -2.20. The molecule has 4 rings (SSSR count). The minimum Gasteiger partial charge on any atom is -0.350 e. The Kier molecular flexibility index (Phi) is 3.19. The predicted molar refractivity (Wildman–Crippen MR) is 89.2 cm³/mol. The zero-order valence-electron chi connectivity index (χ0n) is 11.7. The number of halogens is 2. The van der Waals surface area contributed by atoms with Gasteiger partial charge in [-0.25, -0.2) is 4.39 Å². The first-order valence-electron chi connectivity index (χ1n) is 7.03. The van der Waals surface area contributed by atoms with E-state index in [0.29, 0.717) is 6.54 Å². The third kappa shape index (κ3) is 2.40. The van der Waals surface area contributed by atoms with E-state index in [9.17, 15) is 4.39 Å². The summed E-state index contributed by atoms with van der Waals surface area (Å²) < 4.78 is 16.4. The summed E-state index contributed by atoms with van der Waals surface area (Å²) in [5.41, 5.74) is 3.14. The highest BCUT2D eigenvalue weighted by atomic mass is 79.9. The number of H-pyrrole nitrogens is 1. The van der Waals surface area contributed by atoms with Gasteiger partial charge in [0.1, 0.15) is 11.3 Å². The van der Waals surface area contributed by atoms with Crippen molar-refractivity contribution in [2.24, 2.45) is 0 Å². The fourth-order valence-electron chi connectivity index (χ4n) is 2.81. The van der Waals surface area contributed by atoms with Gasteiger partial charge in [-0.15, -0.1) is 0 Å². The Balaban J connectivity index is 1.79. The largest absolute Gasteiger partial charge is 0.350 e. The molecule has 22 heavy (non-hydrogen) atoms. The summed E-state index contributed by atoms with van der Waals surface area (Å²) in [4.78, 5) is 3.43. The van der Waals surface area contributed by atoms with Crippen LogP contribution in [-0.4, -0.2) is 4.98 Å². The van der Waals surface area contributed by atoms with Crippen molar-refractivity contribution in [3.63, 3.8) is 0 Å². The fraction of sp³-hybridized carbons (Fsp3) is 0.0556. The molecule has 0 bridgehead atoms. The van der Waals surface area contributed by atoms with Crippen LogP contribution in [0.5, 0.6) is 0 Å². The Morgan fingerprint density at radius 2 is 1.91 bits per heavy atom. The SMILES string of the molecule is Fc1cccc(C[n+]2ccc3c(c2)[nH]c2ccc(Br)cc23)c1. The van der Waals surface area contributed by atoms with Crippen LogP contribution in [0.4, 0.5) is 4.39 Å². The van der Waals surface area contributed by atoms with Crippen molar-refractivity contribution in [3.8, 4) is 0 Å². The van der Waals surface area contributed by atoms with Crippen LogP contribution in [0.3, 0.4) is 0 Å². The van der Waals surface area contributed by atoms with E-state index in [-0.39, 0.29) is 5.82 Å². The molecule has 0 amide bonds. The molecule has 0 aliphatic carbocycles. The third-order valence-electron chi connectivity index (χ3n) is 3.81. The number of pyridine rings is 1. The van der Waals surface area contributed by atoms with Gasteiger partial charge in [-0.2, -0.15) is 4.57 Å². The Bertz CT molecular complexity index is 991. The molecule has 0 aliphatic rings. The van der Waals surface area contributed by atoms with Crippen LogP contribution in [0.15, 0.2) is 65.4 Å². The maximum atomic E-state index is 13.3. The van der Waals surface area contributed by atoms with Crippen LogP contribution in [-0.2, 0) is 6.54 Å². The number of hydrogen-bond donors (Lipinski definition) is 1. The third-order valence-corrected chi connectivity index (χ3v) is 4.31. The first kappa shape index (κ1) is 13.5. The molecular weight excluding hydrogens is 343 g/mol. The maximum Gasteiger partial charge on any atom is 0.193 e. The van der Waals surface area contributed by atoms with Gasteiger partial charge in [-0.1, -0.05) is 28.1 Å². The zero-order chi connectivity index (χ0) is 15.1. The van der Waals surface area contributed by atoms with Crippen LogP contribution in [0.2, 0.25) is 0 Å². The molecule has 1 N–H and O–H groups in total. The minimum atomic E-state index is -0.199. The van der Waals surface area contributed by atoms with Crippen LogP contribution < -0.4 is 4.57 Å². The molecule has 0 saturated heterocycles. The standard InChI is InChI=1S/C18H12BrFN2/c19-13-4-5-17-16(9-13)15-6-7-22(11-18(15)21-17)10-12-2-1-3-14(20)8-12/h1-9,11H,10H2/p+1. The van der Waals surface area contributed by atoms with E-state index in [2.05, 4.69) is 49.9 Å². The quantitative estimate of drug-likeness (QED) is 0.508. The molecule has 2 aromatic heterocycles. The zero-order valence-corrected chi connectivity index (χ0v) is 13.3. The molecule has 108 valence electrons. The highest BCUT2D eigenvalue weighted by Crippen LogP contribution is 2.26. The molecule has 2 nitrogen and oxygen atoms in total. The van der Waals surface area contributed by atoms with Gasteiger partial charge in [-0.05, 0) is 30.3 Å². The number of benzene rings is 2. The van der Waals surface area contributed by atoms with Crippen LogP contribution in [0.1, 0.15) is 5.56 Å². The van der Waals surface area contributed by atoms with Crippen molar-refractivity contribution in [2.75, 3.05) is 0 Å². The van der Waals surface area contributed by atoms with Crippen molar-refractivity contribution in [2.45, 2.75) is 6.54 Å². The number of hydrogen-bond acceptors (Lipinski definition) is 0. The Labute approximate surface area is 135 Å². The van der Waals surface area contributed by atoms with E-state index in [1.54, 1.807) is 12.1 Å². The number of rotatable bonds is 2. The summed E-state index contributed by atoms with van der Waals surface area (Å²) in [7, 11) is 0. The van der Waals surface area contributed by atoms with Crippen molar-refractivity contribution in [1.82, 2.24) is 4.98 Å². The molecule has 0 atom stereocenters. The summed E-state index contributed by atoms with van der Waals surface area (Å²) >= 11 is 3.51. The second kappa shape index (κ2) is 5.21.